The van der Waals surface area contributed by atoms with E-state index in [1.165, 1.54) is 6.42 Å². The summed E-state index contributed by atoms with van der Waals surface area (Å²) >= 11 is 0. The van der Waals surface area contributed by atoms with E-state index in [4.69, 9.17) is 5.73 Å². The number of nitrogens with zero attached hydrogens (tertiary/aromatic N) is 3. The van der Waals surface area contributed by atoms with Crippen LogP contribution in [0.5, 0.6) is 0 Å². The first kappa shape index (κ1) is 13.1. The number of nitrogens with two attached hydrogens (primary N) is 1. The Morgan fingerprint density at radius 3 is 2.61 bits per heavy atom. The topological polar surface area (TPSA) is 45.4 Å². The number of anilines is 2. The molecule has 2 rings (SSSR count). The second-order valence-electron chi connectivity index (χ2n) is 5.15. The summed E-state index contributed by atoms with van der Waals surface area (Å²) in [6, 6.07) is 2.64. The molecule has 1 fully saturated rings. The van der Waals surface area contributed by atoms with Crippen molar-refractivity contribution >= 4 is 11.5 Å². The number of pyridine rings is 1. The molecule has 0 amide bonds. The second kappa shape index (κ2) is 5.57. The number of nitrogen functional groups attached to an aromatic ring is 1. The van der Waals surface area contributed by atoms with Gasteiger partial charge >= 0.3 is 0 Å². The highest BCUT2D eigenvalue weighted by Crippen LogP contribution is 2.24. The van der Waals surface area contributed by atoms with Crippen LogP contribution < -0.4 is 10.6 Å². The molecule has 1 aromatic heterocycles. The largest absolute Gasteiger partial charge is 0.396 e. The Morgan fingerprint density at radius 2 is 2.00 bits per heavy atom. The smallest absolute Gasteiger partial charge is 0.152 e. The minimum Gasteiger partial charge on any atom is -0.396 e. The minimum atomic E-state index is 0.676. The molecular formula is C14H24N4. The first-order valence-corrected chi connectivity index (χ1v) is 6.83. The Hall–Kier alpha value is -1.29. The fraction of sp³-hybridized carbons (Fsp3) is 0.643. The van der Waals surface area contributed by atoms with Crippen molar-refractivity contribution in [1.29, 1.82) is 0 Å². The molecule has 0 aromatic carbocycles. The Kier molecular flexibility index (Phi) is 4.07. The summed E-state index contributed by atoms with van der Waals surface area (Å²) in [4.78, 5) is 9.29. The van der Waals surface area contributed by atoms with Crippen molar-refractivity contribution in [3.05, 3.63) is 17.8 Å². The van der Waals surface area contributed by atoms with E-state index < -0.39 is 0 Å². The van der Waals surface area contributed by atoms with Crippen molar-refractivity contribution in [3.63, 3.8) is 0 Å². The molecule has 0 saturated carbocycles. The van der Waals surface area contributed by atoms with Crippen molar-refractivity contribution in [3.8, 4) is 0 Å². The van der Waals surface area contributed by atoms with E-state index in [0.717, 1.165) is 43.2 Å². The lowest BCUT2D eigenvalue weighted by atomic mass is 10.1. The van der Waals surface area contributed by atoms with E-state index in [9.17, 15) is 0 Å². The summed E-state index contributed by atoms with van der Waals surface area (Å²) in [6.45, 7) is 10.8. The number of rotatable bonds is 3. The van der Waals surface area contributed by atoms with Crippen molar-refractivity contribution < 1.29 is 0 Å². The molecule has 0 radical (unpaired) electrons. The number of hydrogen-bond donors (Lipinski definition) is 1. The third-order valence-corrected chi connectivity index (χ3v) is 4.02. The lowest BCUT2D eigenvalue weighted by Gasteiger charge is -2.38. The van der Waals surface area contributed by atoms with Crippen LogP contribution in [0.4, 0.5) is 11.5 Å². The summed E-state index contributed by atoms with van der Waals surface area (Å²) in [5.41, 5.74) is 8.06. The van der Waals surface area contributed by atoms with Gasteiger partial charge in [0.2, 0.25) is 0 Å². The van der Waals surface area contributed by atoms with Crippen molar-refractivity contribution in [2.24, 2.45) is 0 Å². The van der Waals surface area contributed by atoms with Crippen LogP contribution in [0.1, 0.15) is 25.8 Å². The number of hydrogen-bond acceptors (Lipinski definition) is 4. The fourth-order valence-corrected chi connectivity index (χ4v) is 2.44. The molecule has 1 atom stereocenters. The van der Waals surface area contributed by atoms with E-state index >= 15 is 0 Å². The Morgan fingerprint density at radius 1 is 1.33 bits per heavy atom. The van der Waals surface area contributed by atoms with E-state index in [-0.39, 0.29) is 0 Å². The molecule has 1 saturated heterocycles. The van der Waals surface area contributed by atoms with Gasteiger partial charge in [0.1, 0.15) is 0 Å². The van der Waals surface area contributed by atoms with Gasteiger partial charge in [-0.15, -0.1) is 0 Å². The van der Waals surface area contributed by atoms with Gasteiger partial charge in [0.15, 0.2) is 5.82 Å². The third kappa shape index (κ3) is 2.58. The van der Waals surface area contributed by atoms with Crippen LogP contribution in [0, 0.1) is 6.92 Å². The van der Waals surface area contributed by atoms with E-state index in [0.29, 0.717) is 6.04 Å². The molecule has 1 aromatic rings. The summed E-state index contributed by atoms with van der Waals surface area (Å²) < 4.78 is 0. The van der Waals surface area contributed by atoms with Gasteiger partial charge in [-0.05, 0) is 31.9 Å². The highest BCUT2D eigenvalue weighted by atomic mass is 15.3. The van der Waals surface area contributed by atoms with Crippen LogP contribution in [0.15, 0.2) is 12.3 Å². The molecule has 2 heterocycles. The Labute approximate surface area is 110 Å². The van der Waals surface area contributed by atoms with E-state index in [1.807, 2.05) is 19.2 Å². The van der Waals surface area contributed by atoms with Crippen LogP contribution in [0.2, 0.25) is 0 Å². The molecule has 2 N–H and O–H groups in total. The summed E-state index contributed by atoms with van der Waals surface area (Å²) in [6.07, 6.45) is 3.06. The molecule has 4 heteroatoms. The maximum absolute atomic E-state index is 6.12. The zero-order valence-electron chi connectivity index (χ0n) is 11.7. The van der Waals surface area contributed by atoms with Gasteiger partial charge < -0.3 is 10.6 Å². The molecule has 0 bridgehead atoms. The first-order valence-electron chi connectivity index (χ1n) is 6.83. The summed E-state index contributed by atoms with van der Waals surface area (Å²) in [5, 5.41) is 0. The van der Waals surface area contributed by atoms with Crippen LogP contribution in [0.3, 0.4) is 0 Å². The molecule has 1 aliphatic heterocycles. The maximum atomic E-state index is 6.12. The number of aryl methyl sites for hydroxylation is 1. The second-order valence-corrected chi connectivity index (χ2v) is 5.15. The Balaban J connectivity index is 2.03. The van der Waals surface area contributed by atoms with Crippen LogP contribution in [-0.2, 0) is 0 Å². The maximum Gasteiger partial charge on any atom is 0.152 e. The third-order valence-electron chi connectivity index (χ3n) is 4.02. The highest BCUT2D eigenvalue weighted by Gasteiger charge is 2.22. The molecule has 0 spiro atoms. The van der Waals surface area contributed by atoms with Gasteiger partial charge in [0.05, 0.1) is 5.69 Å². The molecular weight excluding hydrogens is 224 g/mol. The van der Waals surface area contributed by atoms with Gasteiger partial charge in [0, 0.05) is 38.4 Å². The number of aromatic nitrogens is 1. The van der Waals surface area contributed by atoms with Crippen LogP contribution >= 0.6 is 0 Å². The van der Waals surface area contributed by atoms with Gasteiger partial charge in [-0.2, -0.15) is 0 Å². The fourth-order valence-electron chi connectivity index (χ4n) is 2.44. The van der Waals surface area contributed by atoms with Crippen LogP contribution in [0.25, 0.3) is 0 Å². The van der Waals surface area contributed by atoms with Gasteiger partial charge in [-0.1, -0.05) is 6.92 Å². The Bertz CT molecular complexity index is 397. The SMILES string of the molecule is CCC(C)N1CCN(c2nccc(C)c2N)CC1. The number of piperazine rings is 1. The lowest BCUT2D eigenvalue weighted by molar-refractivity contribution is 0.192. The van der Waals surface area contributed by atoms with Crippen molar-refractivity contribution in [1.82, 2.24) is 9.88 Å². The monoisotopic (exact) mass is 248 g/mol. The van der Waals surface area contributed by atoms with Gasteiger partial charge in [-0.3, -0.25) is 4.90 Å². The standard InChI is InChI=1S/C14H24N4/c1-4-12(3)17-7-9-18(10-8-17)14-13(15)11(2)5-6-16-14/h5-6,12H,4,7-10,15H2,1-3H3. The zero-order chi connectivity index (χ0) is 13.1. The molecule has 18 heavy (non-hydrogen) atoms. The average molecular weight is 248 g/mol. The average Bonchev–Trinajstić information content (AvgIpc) is 2.41. The normalized spacial score (nSPS) is 18.9. The molecule has 1 aliphatic rings. The van der Waals surface area contributed by atoms with E-state index in [1.54, 1.807) is 0 Å². The molecule has 4 nitrogen and oxygen atoms in total. The lowest BCUT2D eigenvalue weighted by Crippen LogP contribution is -2.49. The predicted octanol–water partition coefficient (Wildman–Crippen LogP) is 1.89. The minimum absolute atomic E-state index is 0.676. The molecule has 100 valence electrons. The molecule has 0 aliphatic carbocycles. The van der Waals surface area contributed by atoms with Gasteiger partial charge in [-0.25, -0.2) is 4.98 Å². The predicted molar refractivity (Wildman–Crippen MR) is 76.9 cm³/mol. The first-order chi connectivity index (χ1) is 8.63. The van der Waals surface area contributed by atoms with Gasteiger partial charge in [0.25, 0.3) is 0 Å². The summed E-state index contributed by atoms with van der Waals surface area (Å²) in [7, 11) is 0. The quantitative estimate of drug-likeness (QED) is 0.887. The van der Waals surface area contributed by atoms with Crippen molar-refractivity contribution in [2.45, 2.75) is 33.2 Å². The van der Waals surface area contributed by atoms with E-state index in [2.05, 4.69) is 28.6 Å². The summed E-state index contributed by atoms with van der Waals surface area (Å²) in [5.74, 6) is 0.957. The highest BCUT2D eigenvalue weighted by molar-refractivity contribution is 5.66. The molecule has 1 unspecified atom stereocenters. The van der Waals surface area contributed by atoms with Crippen LogP contribution in [-0.4, -0.2) is 42.1 Å². The zero-order valence-corrected chi connectivity index (χ0v) is 11.7. The van der Waals surface area contributed by atoms with Crippen molar-refractivity contribution in [2.75, 3.05) is 36.8 Å².